The molecule has 2 atom stereocenters. The quantitative estimate of drug-likeness (QED) is 0.792. The molecule has 1 aliphatic heterocycles. The fourth-order valence-electron chi connectivity index (χ4n) is 2.30. The zero-order valence-electron chi connectivity index (χ0n) is 11.7. The topological polar surface area (TPSA) is 70.6 Å². The number of amides is 1. The number of hydrogen-bond donors (Lipinski definition) is 3. The van der Waals surface area contributed by atoms with Gasteiger partial charge in [-0.2, -0.15) is 0 Å². The number of nitrogens with one attached hydrogen (secondary N) is 2. The van der Waals surface area contributed by atoms with Crippen molar-refractivity contribution in [1.82, 2.24) is 10.6 Å². The molecule has 1 fully saturated rings. The van der Waals surface area contributed by atoms with Crippen LogP contribution in [0.2, 0.25) is 0 Å². The van der Waals surface area contributed by atoms with E-state index in [-0.39, 0.29) is 35.7 Å². The van der Waals surface area contributed by atoms with Gasteiger partial charge in [-0.1, -0.05) is 6.92 Å². The Bertz CT molecular complexity index is 468. The van der Waals surface area contributed by atoms with Gasteiger partial charge >= 0.3 is 0 Å². The number of methoxy groups -OCH3 is 1. The number of benzene rings is 1. The summed E-state index contributed by atoms with van der Waals surface area (Å²) in [5.74, 6) is 0.654. The Balaban J connectivity index is 0.00000200. The third kappa shape index (κ3) is 3.77. The minimum atomic E-state index is -0.254. The molecule has 112 valence electrons. The Morgan fingerprint density at radius 1 is 1.50 bits per heavy atom. The van der Waals surface area contributed by atoms with Crippen LogP contribution in [0.25, 0.3) is 0 Å². The van der Waals surface area contributed by atoms with Crippen LogP contribution in [-0.4, -0.2) is 37.3 Å². The van der Waals surface area contributed by atoms with E-state index in [0.717, 1.165) is 19.5 Å². The van der Waals surface area contributed by atoms with Gasteiger partial charge in [0.05, 0.1) is 12.7 Å². The Kier molecular flexibility index (Phi) is 6.10. The number of phenols is 1. The van der Waals surface area contributed by atoms with Crippen molar-refractivity contribution in [3.63, 3.8) is 0 Å². The summed E-state index contributed by atoms with van der Waals surface area (Å²) < 4.78 is 5.07. The van der Waals surface area contributed by atoms with E-state index < -0.39 is 0 Å². The second-order valence-electron chi connectivity index (χ2n) is 4.93. The van der Waals surface area contributed by atoms with Crippen LogP contribution in [0, 0.1) is 5.92 Å². The number of halogens is 1. The molecule has 1 aromatic rings. The minimum Gasteiger partial charge on any atom is -0.507 e. The first-order chi connectivity index (χ1) is 9.11. The first-order valence-electron chi connectivity index (χ1n) is 6.50. The van der Waals surface area contributed by atoms with Gasteiger partial charge in [-0.15, -0.1) is 12.4 Å². The molecule has 2 unspecified atom stereocenters. The molecule has 0 radical (unpaired) electrons. The summed E-state index contributed by atoms with van der Waals surface area (Å²) in [5, 5.41) is 16.0. The largest absolute Gasteiger partial charge is 0.507 e. The van der Waals surface area contributed by atoms with Crippen molar-refractivity contribution in [1.29, 1.82) is 0 Å². The highest BCUT2D eigenvalue weighted by Crippen LogP contribution is 2.23. The van der Waals surface area contributed by atoms with Crippen molar-refractivity contribution in [3.8, 4) is 11.5 Å². The molecule has 5 nitrogen and oxygen atoms in total. The molecule has 0 bridgehead atoms. The zero-order valence-corrected chi connectivity index (χ0v) is 12.5. The Labute approximate surface area is 125 Å². The van der Waals surface area contributed by atoms with Crippen LogP contribution in [0.4, 0.5) is 0 Å². The second kappa shape index (κ2) is 7.36. The van der Waals surface area contributed by atoms with Crippen molar-refractivity contribution >= 4 is 18.3 Å². The number of aromatic hydroxyl groups is 1. The molecule has 3 N–H and O–H groups in total. The van der Waals surface area contributed by atoms with Gasteiger partial charge in [0.15, 0.2) is 0 Å². The SMILES string of the molecule is COc1ccc(O)c(C(=O)NC2CCNCC2C)c1.Cl. The van der Waals surface area contributed by atoms with Crippen molar-refractivity contribution < 1.29 is 14.6 Å². The van der Waals surface area contributed by atoms with Crippen LogP contribution >= 0.6 is 12.4 Å². The second-order valence-corrected chi connectivity index (χ2v) is 4.93. The first-order valence-corrected chi connectivity index (χ1v) is 6.50. The van der Waals surface area contributed by atoms with Crippen molar-refractivity contribution in [2.75, 3.05) is 20.2 Å². The summed E-state index contributed by atoms with van der Waals surface area (Å²) >= 11 is 0. The molecule has 1 heterocycles. The van der Waals surface area contributed by atoms with E-state index in [9.17, 15) is 9.90 Å². The molecule has 2 rings (SSSR count). The predicted molar refractivity (Wildman–Crippen MR) is 79.8 cm³/mol. The molecule has 6 heteroatoms. The molecule has 0 saturated carbocycles. The molecule has 1 saturated heterocycles. The van der Waals surface area contributed by atoms with Crippen molar-refractivity contribution in [2.24, 2.45) is 5.92 Å². The lowest BCUT2D eigenvalue weighted by Gasteiger charge is -2.30. The number of phenolic OH excluding ortho intramolecular Hbond substituents is 1. The molecule has 0 aromatic heterocycles. The fraction of sp³-hybridized carbons (Fsp3) is 0.500. The van der Waals surface area contributed by atoms with Gasteiger partial charge < -0.3 is 20.5 Å². The van der Waals surface area contributed by atoms with Gasteiger partial charge in [0, 0.05) is 6.04 Å². The average Bonchev–Trinajstić information content (AvgIpc) is 2.42. The van der Waals surface area contributed by atoms with Gasteiger partial charge in [0.2, 0.25) is 0 Å². The molecule has 1 amide bonds. The van der Waals surface area contributed by atoms with Crippen molar-refractivity contribution in [2.45, 2.75) is 19.4 Å². The summed E-state index contributed by atoms with van der Waals surface area (Å²) in [6, 6.07) is 4.79. The van der Waals surface area contributed by atoms with Gasteiger partial charge in [-0.3, -0.25) is 4.79 Å². The predicted octanol–water partition coefficient (Wildman–Crippen LogP) is 1.55. The van der Waals surface area contributed by atoms with E-state index in [1.165, 1.54) is 13.2 Å². The van der Waals surface area contributed by atoms with Crippen LogP contribution in [0.15, 0.2) is 18.2 Å². The smallest absolute Gasteiger partial charge is 0.255 e. The maximum absolute atomic E-state index is 12.2. The molecule has 0 aliphatic carbocycles. The molecule has 1 aliphatic rings. The number of piperidine rings is 1. The maximum atomic E-state index is 12.2. The van der Waals surface area contributed by atoms with E-state index in [1.54, 1.807) is 12.1 Å². The van der Waals surface area contributed by atoms with Crippen LogP contribution < -0.4 is 15.4 Å². The lowest BCUT2D eigenvalue weighted by molar-refractivity contribution is 0.0911. The standard InChI is InChI=1S/C14H20N2O3.ClH/c1-9-8-15-6-5-12(9)16-14(18)11-7-10(19-2)3-4-13(11)17;/h3-4,7,9,12,15,17H,5-6,8H2,1-2H3,(H,16,18);1H. The average molecular weight is 301 g/mol. The fourth-order valence-corrected chi connectivity index (χ4v) is 2.30. The molecular weight excluding hydrogens is 280 g/mol. The third-order valence-electron chi connectivity index (χ3n) is 3.55. The highest BCUT2D eigenvalue weighted by Gasteiger charge is 2.24. The lowest BCUT2D eigenvalue weighted by Crippen LogP contribution is -2.48. The Morgan fingerprint density at radius 3 is 2.90 bits per heavy atom. The van der Waals surface area contributed by atoms with Gasteiger partial charge in [-0.05, 0) is 43.6 Å². The lowest BCUT2D eigenvalue weighted by atomic mass is 9.95. The van der Waals surface area contributed by atoms with Gasteiger partial charge in [0.25, 0.3) is 5.91 Å². The van der Waals surface area contributed by atoms with E-state index >= 15 is 0 Å². The van der Waals surface area contributed by atoms with Gasteiger partial charge in [-0.25, -0.2) is 0 Å². The van der Waals surface area contributed by atoms with Crippen LogP contribution in [0.3, 0.4) is 0 Å². The van der Waals surface area contributed by atoms with Crippen LogP contribution in [-0.2, 0) is 0 Å². The molecular formula is C14H21ClN2O3. The first kappa shape index (κ1) is 16.6. The Morgan fingerprint density at radius 2 is 2.25 bits per heavy atom. The van der Waals surface area contributed by atoms with E-state index in [2.05, 4.69) is 17.6 Å². The minimum absolute atomic E-state index is 0. The van der Waals surface area contributed by atoms with E-state index in [4.69, 9.17) is 4.74 Å². The Hall–Kier alpha value is -1.46. The third-order valence-corrected chi connectivity index (χ3v) is 3.55. The monoisotopic (exact) mass is 300 g/mol. The summed E-state index contributed by atoms with van der Waals surface area (Å²) in [5.41, 5.74) is 0.255. The maximum Gasteiger partial charge on any atom is 0.255 e. The highest BCUT2D eigenvalue weighted by atomic mass is 35.5. The summed E-state index contributed by atoms with van der Waals surface area (Å²) in [6.45, 7) is 3.90. The van der Waals surface area contributed by atoms with Crippen LogP contribution in [0.1, 0.15) is 23.7 Å². The summed E-state index contributed by atoms with van der Waals surface area (Å²) in [7, 11) is 1.53. The summed E-state index contributed by atoms with van der Waals surface area (Å²) in [6.07, 6.45) is 0.900. The number of rotatable bonds is 3. The normalized spacial score (nSPS) is 21.7. The molecule has 20 heavy (non-hydrogen) atoms. The molecule has 1 aromatic carbocycles. The van der Waals surface area contributed by atoms with Crippen molar-refractivity contribution in [3.05, 3.63) is 23.8 Å². The zero-order chi connectivity index (χ0) is 13.8. The van der Waals surface area contributed by atoms with E-state index in [1.807, 2.05) is 0 Å². The highest BCUT2D eigenvalue weighted by molar-refractivity contribution is 5.97. The van der Waals surface area contributed by atoms with E-state index in [0.29, 0.717) is 11.7 Å². The number of ether oxygens (including phenoxy) is 1. The van der Waals surface area contributed by atoms with Gasteiger partial charge in [0.1, 0.15) is 11.5 Å². The number of hydrogen-bond acceptors (Lipinski definition) is 4. The van der Waals surface area contributed by atoms with Crippen LogP contribution in [0.5, 0.6) is 11.5 Å². The number of carbonyl (C=O) groups excluding carboxylic acids is 1. The summed E-state index contributed by atoms with van der Waals surface area (Å²) in [4.78, 5) is 12.2. The molecule has 0 spiro atoms. The number of carbonyl (C=O) groups is 1.